The van der Waals surface area contributed by atoms with Gasteiger partial charge in [0.1, 0.15) is 0 Å². The molecule has 0 spiro atoms. The molecule has 7 nitrogen and oxygen atoms in total. The Kier molecular flexibility index (Phi) is 6.35. The summed E-state index contributed by atoms with van der Waals surface area (Å²) in [7, 11) is 3.28. The number of carbonyl (C=O) groups excluding carboxylic acids is 2. The number of fused-ring (bicyclic) bond motifs is 4. The minimum absolute atomic E-state index is 0.0463. The number of carbonyl (C=O) groups is 2. The Balaban J connectivity index is 1.35. The van der Waals surface area contributed by atoms with Crippen LogP contribution in [0.1, 0.15) is 42.0 Å². The van der Waals surface area contributed by atoms with Gasteiger partial charge >= 0.3 is 6.03 Å². The predicted octanol–water partition coefficient (Wildman–Crippen LogP) is 3.57. The molecule has 3 amide bonds. The first kappa shape index (κ1) is 22.6. The molecule has 5 rings (SSSR count). The van der Waals surface area contributed by atoms with Crippen LogP contribution in [0.4, 0.5) is 4.79 Å². The Hall–Kier alpha value is -3.22. The summed E-state index contributed by atoms with van der Waals surface area (Å²) >= 11 is 0. The van der Waals surface area contributed by atoms with Gasteiger partial charge in [0, 0.05) is 25.7 Å². The zero-order chi connectivity index (χ0) is 23.7. The van der Waals surface area contributed by atoms with E-state index < -0.39 is 0 Å². The monoisotopic (exact) mass is 463 g/mol. The first-order valence-corrected chi connectivity index (χ1v) is 12.2. The van der Waals surface area contributed by atoms with E-state index in [1.807, 2.05) is 40.1 Å². The van der Waals surface area contributed by atoms with Gasteiger partial charge in [-0.2, -0.15) is 0 Å². The number of likely N-dealkylation sites (tertiary alicyclic amines) is 1. The molecule has 0 aliphatic carbocycles. The van der Waals surface area contributed by atoms with Crippen LogP contribution in [0.5, 0.6) is 11.5 Å². The van der Waals surface area contributed by atoms with Crippen LogP contribution in [-0.4, -0.2) is 61.6 Å². The van der Waals surface area contributed by atoms with Crippen molar-refractivity contribution in [1.82, 2.24) is 15.1 Å². The lowest BCUT2D eigenvalue weighted by Crippen LogP contribution is -2.61. The van der Waals surface area contributed by atoms with Crippen LogP contribution in [-0.2, 0) is 17.6 Å². The van der Waals surface area contributed by atoms with Crippen molar-refractivity contribution in [2.24, 2.45) is 5.92 Å². The normalized spacial score (nSPS) is 23.5. The van der Waals surface area contributed by atoms with Gasteiger partial charge < -0.3 is 24.6 Å². The molecular formula is C27H33N3O4. The smallest absolute Gasteiger partial charge is 0.317 e. The Bertz CT molecular complexity index is 1060. The van der Waals surface area contributed by atoms with Crippen LogP contribution in [0.2, 0.25) is 0 Å². The first-order valence-electron chi connectivity index (χ1n) is 12.2. The quantitative estimate of drug-likeness (QED) is 0.736. The van der Waals surface area contributed by atoms with Crippen molar-refractivity contribution < 1.29 is 19.1 Å². The molecule has 34 heavy (non-hydrogen) atoms. The van der Waals surface area contributed by atoms with Gasteiger partial charge in [0.25, 0.3) is 0 Å². The number of methoxy groups -OCH3 is 2. The lowest BCUT2D eigenvalue weighted by atomic mass is 9.76. The van der Waals surface area contributed by atoms with Crippen molar-refractivity contribution in [2.45, 2.75) is 44.2 Å². The van der Waals surface area contributed by atoms with Crippen molar-refractivity contribution in [3.05, 3.63) is 59.2 Å². The van der Waals surface area contributed by atoms with Crippen molar-refractivity contribution >= 4 is 11.9 Å². The molecule has 1 N–H and O–H groups in total. The fourth-order valence-corrected chi connectivity index (χ4v) is 5.94. The van der Waals surface area contributed by atoms with E-state index in [-0.39, 0.29) is 29.9 Å². The van der Waals surface area contributed by atoms with Crippen LogP contribution in [0.3, 0.4) is 0 Å². The van der Waals surface area contributed by atoms with Crippen LogP contribution >= 0.6 is 0 Å². The third-order valence-electron chi connectivity index (χ3n) is 7.64. The zero-order valence-electron chi connectivity index (χ0n) is 20.0. The molecule has 180 valence electrons. The van der Waals surface area contributed by atoms with E-state index >= 15 is 0 Å². The first-order chi connectivity index (χ1) is 16.6. The second-order valence-corrected chi connectivity index (χ2v) is 9.42. The summed E-state index contributed by atoms with van der Waals surface area (Å²) in [6, 6.07) is 14.0. The highest BCUT2D eigenvalue weighted by Gasteiger charge is 2.48. The number of urea groups is 1. The number of hydrogen-bond donors (Lipinski definition) is 1. The largest absolute Gasteiger partial charge is 0.493 e. The van der Waals surface area contributed by atoms with Gasteiger partial charge in [0.2, 0.25) is 5.91 Å². The number of piperidine rings is 2. The Morgan fingerprint density at radius 3 is 2.62 bits per heavy atom. The second-order valence-electron chi connectivity index (χ2n) is 9.42. The molecule has 2 fully saturated rings. The van der Waals surface area contributed by atoms with Gasteiger partial charge in [-0.25, -0.2) is 4.79 Å². The molecule has 3 atom stereocenters. The number of hydrogen-bond acceptors (Lipinski definition) is 4. The fourth-order valence-electron chi connectivity index (χ4n) is 5.94. The molecule has 0 bridgehead atoms. The summed E-state index contributed by atoms with van der Waals surface area (Å²) < 4.78 is 11.0. The van der Waals surface area contributed by atoms with Crippen molar-refractivity contribution in [3.63, 3.8) is 0 Å². The number of ether oxygens (including phenoxy) is 2. The molecule has 0 unspecified atom stereocenters. The van der Waals surface area contributed by atoms with Gasteiger partial charge in [0.15, 0.2) is 11.5 Å². The molecule has 2 aromatic rings. The maximum atomic E-state index is 13.6. The lowest BCUT2D eigenvalue weighted by molar-refractivity contribution is -0.148. The van der Waals surface area contributed by atoms with Gasteiger partial charge in [0.05, 0.1) is 26.2 Å². The minimum Gasteiger partial charge on any atom is -0.493 e. The molecule has 3 heterocycles. The van der Waals surface area contributed by atoms with Crippen molar-refractivity contribution in [2.75, 3.05) is 33.9 Å². The highest BCUT2D eigenvalue weighted by atomic mass is 16.5. The fraction of sp³-hybridized carbons (Fsp3) is 0.481. The summed E-state index contributed by atoms with van der Waals surface area (Å²) in [6.45, 7) is 1.98. The Morgan fingerprint density at radius 1 is 1.09 bits per heavy atom. The lowest BCUT2D eigenvalue weighted by Gasteiger charge is -2.51. The number of benzene rings is 2. The third kappa shape index (κ3) is 4.08. The second kappa shape index (κ2) is 9.57. The van der Waals surface area contributed by atoms with Crippen LogP contribution in [0.15, 0.2) is 42.5 Å². The number of rotatable bonds is 5. The van der Waals surface area contributed by atoms with E-state index in [9.17, 15) is 9.59 Å². The van der Waals surface area contributed by atoms with E-state index in [2.05, 4.69) is 17.4 Å². The summed E-state index contributed by atoms with van der Waals surface area (Å²) in [4.78, 5) is 30.7. The van der Waals surface area contributed by atoms with E-state index in [1.54, 1.807) is 14.2 Å². The van der Waals surface area contributed by atoms with E-state index in [1.165, 1.54) is 11.1 Å². The van der Waals surface area contributed by atoms with E-state index in [4.69, 9.17) is 9.47 Å². The molecule has 3 aliphatic heterocycles. The van der Waals surface area contributed by atoms with Crippen LogP contribution < -0.4 is 14.8 Å². The minimum atomic E-state index is -0.119. The van der Waals surface area contributed by atoms with Crippen LogP contribution in [0.25, 0.3) is 0 Å². The number of nitrogens with zero attached hydrogens (tertiary/aromatic N) is 2. The van der Waals surface area contributed by atoms with E-state index in [0.29, 0.717) is 31.1 Å². The maximum absolute atomic E-state index is 13.6. The summed E-state index contributed by atoms with van der Waals surface area (Å²) in [5, 5.41) is 3.10. The third-order valence-corrected chi connectivity index (χ3v) is 7.64. The number of nitrogens with one attached hydrogen (secondary N) is 1. The summed E-state index contributed by atoms with van der Waals surface area (Å²) in [5.74, 6) is 1.46. The average molecular weight is 464 g/mol. The molecule has 0 saturated carbocycles. The van der Waals surface area contributed by atoms with Crippen molar-refractivity contribution in [3.8, 4) is 11.5 Å². The summed E-state index contributed by atoms with van der Waals surface area (Å²) in [6.07, 6.45) is 4.06. The molecule has 7 heteroatoms. The SMILES string of the molecule is COc1cc2c(cc1OC)[C@H]1C[C@@H]3[C@@H](CCCN3C(=O)NCCc3ccccc3)C(=O)N1CC2. The number of amides is 3. The highest BCUT2D eigenvalue weighted by molar-refractivity contribution is 5.83. The topological polar surface area (TPSA) is 71.1 Å². The Morgan fingerprint density at radius 2 is 1.85 bits per heavy atom. The van der Waals surface area contributed by atoms with Crippen molar-refractivity contribution in [1.29, 1.82) is 0 Å². The maximum Gasteiger partial charge on any atom is 0.317 e. The van der Waals surface area contributed by atoms with Crippen LogP contribution in [0, 0.1) is 5.92 Å². The molecule has 0 aromatic heterocycles. The molecule has 3 aliphatic rings. The van der Waals surface area contributed by atoms with Gasteiger partial charge in [-0.05, 0) is 60.9 Å². The van der Waals surface area contributed by atoms with Gasteiger partial charge in [-0.1, -0.05) is 30.3 Å². The standard InChI is InChI=1S/C27H33N3O4/c1-33-24-15-19-11-14-29-23(21(19)16-25(24)34-2)17-22-20(26(29)31)9-6-13-30(22)27(32)28-12-10-18-7-4-3-5-8-18/h3-5,7-8,15-16,20,22-23H,6,9-14,17H2,1-2H3,(H,28,32)/t20-,22-,23-/m1/s1. The molecular weight excluding hydrogens is 430 g/mol. The zero-order valence-corrected chi connectivity index (χ0v) is 20.0. The predicted molar refractivity (Wildman–Crippen MR) is 129 cm³/mol. The van der Waals surface area contributed by atoms with Gasteiger partial charge in [-0.3, -0.25) is 4.79 Å². The molecule has 0 radical (unpaired) electrons. The molecule has 2 aromatic carbocycles. The average Bonchev–Trinajstić information content (AvgIpc) is 2.88. The van der Waals surface area contributed by atoms with E-state index in [0.717, 1.165) is 37.7 Å². The highest BCUT2D eigenvalue weighted by Crippen LogP contribution is 2.46. The Labute approximate surface area is 201 Å². The molecule has 2 saturated heterocycles. The summed E-state index contributed by atoms with van der Waals surface area (Å²) in [5.41, 5.74) is 3.51. The van der Waals surface area contributed by atoms with Gasteiger partial charge in [-0.15, -0.1) is 0 Å².